The van der Waals surface area contributed by atoms with Gasteiger partial charge >= 0.3 is 0 Å². The first-order valence-corrected chi connectivity index (χ1v) is 8.59. The van der Waals surface area contributed by atoms with Gasteiger partial charge in [0.1, 0.15) is 0 Å². The maximum atomic E-state index is 10.5. The van der Waals surface area contributed by atoms with E-state index in [1.807, 2.05) is 23.5 Å². The van der Waals surface area contributed by atoms with Crippen molar-refractivity contribution in [2.75, 3.05) is 13.1 Å². The van der Waals surface area contributed by atoms with Crippen LogP contribution in [-0.4, -0.2) is 23.1 Å². The van der Waals surface area contributed by atoms with E-state index in [0.29, 0.717) is 18.2 Å². The van der Waals surface area contributed by atoms with Crippen molar-refractivity contribution in [2.24, 2.45) is 0 Å². The van der Waals surface area contributed by atoms with Crippen LogP contribution in [0.3, 0.4) is 0 Å². The standard InChI is InChI=1S/C18H20N2OS/c1-2-16-15-8-10-22-18(15)7-9-20(16)12-17(21)14-5-3-13(11-19)4-6-14/h3-6,8,10,16-17,21H,2,7,9,12H2,1H3. The second-order valence-corrected chi connectivity index (χ2v) is 6.72. The van der Waals surface area contributed by atoms with Gasteiger partial charge in [-0.05, 0) is 47.5 Å². The van der Waals surface area contributed by atoms with Gasteiger partial charge in [0.2, 0.25) is 0 Å². The third-order valence-electron chi connectivity index (χ3n) is 4.42. The van der Waals surface area contributed by atoms with Gasteiger partial charge in [0.25, 0.3) is 0 Å². The molecule has 0 fully saturated rings. The molecule has 4 heteroatoms. The molecule has 22 heavy (non-hydrogen) atoms. The molecule has 0 bridgehead atoms. The van der Waals surface area contributed by atoms with E-state index in [1.165, 1.54) is 10.4 Å². The van der Waals surface area contributed by atoms with Crippen LogP contribution in [0.15, 0.2) is 35.7 Å². The lowest BCUT2D eigenvalue weighted by Crippen LogP contribution is -2.37. The van der Waals surface area contributed by atoms with Crippen LogP contribution in [0.5, 0.6) is 0 Å². The van der Waals surface area contributed by atoms with Crippen LogP contribution in [0.25, 0.3) is 0 Å². The van der Waals surface area contributed by atoms with Crippen molar-refractivity contribution < 1.29 is 5.11 Å². The molecule has 0 aliphatic carbocycles. The minimum absolute atomic E-state index is 0.406. The first-order valence-electron chi connectivity index (χ1n) is 7.71. The molecule has 0 saturated heterocycles. The molecule has 1 aliphatic heterocycles. The Bertz CT molecular complexity index is 671. The van der Waals surface area contributed by atoms with Crippen LogP contribution in [0.4, 0.5) is 0 Å². The van der Waals surface area contributed by atoms with Gasteiger partial charge in [0.05, 0.1) is 17.7 Å². The molecule has 0 saturated carbocycles. The number of thiophene rings is 1. The lowest BCUT2D eigenvalue weighted by atomic mass is 9.96. The Morgan fingerprint density at radius 3 is 2.82 bits per heavy atom. The van der Waals surface area contributed by atoms with Gasteiger partial charge in [0.15, 0.2) is 0 Å². The maximum Gasteiger partial charge on any atom is 0.0991 e. The molecule has 2 aromatic rings. The van der Waals surface area contributed by atoms with Crippen molar-refractivity contribution in [2.45, 2.75) is 31.9 Å². The summed E-state index contributed by atoms with van der Waals surface area (Å²) in [6, 6.07) is 12.0. The molecule has 0 amide bonds. The summed E-state index contributed by atoms with van der Waals surface area (Å²) in [6.07, 6.45) is 1.62. The highest BCUT2D eigenvalue weighted by atomic mass is 32.1. The molecule has 3 rings (SSSR count). The van der Waals surface area contributed by atoms with E-state index < -0.39 is 6.10 Å². The summed E-state index contributed by atoms with van der Waals surface area (Å²) < 4.78 is 0. The topological polar surface area (TPSA) is 47.3 Å². The SMILES string of the molecule is CCC1c2ccsc2CCN1CC(O)c1ccc(C#N)cc1. The zero-order chi connectivity index (χ0) is 15.5. The molecule has 1 aromatic heterocycles. The number of benzene rings is 1. The third kappa shape index (κ3) is 2.93. The van der Waals surface area contributed by atoms with Crippen molar-refractivity contribution in [3.63, 3.8) is 0 Å². The predicted molar refractivity (Wildman–Crippen MR) is 88.7 cm³/mol. The number of nitrogens with zero attached hydrogens (tertiary/aromatic N) is 2. The summed E-state index contributed by atoms with van der Waals surface area (Å²) in [5.41, 5.74) is 2.94. The molecule has 114 valence electrons. The van der Waals surface area contributed by atoms with Crippen molar-refractivity contribution >= 4 is 11.3 Å². The minimum atomic E-state index is -0.512. The number of rotatable bonds is 4. The maximum absolute atomic E-state index is 10.5. The van der Waals surface area contributed by atoms with Crippen LogP contribution in [0, 0.1) is 11.3 Å². The summed E-state index contributed by atoms with van der Waals surface area (Å²) in [7, 11) is 0. The fourth-order valence-corrected chi connectivity index (χ4v) is 4.18. The molecule has 1 aromatic carbocycles. The van der Waals surface area contributed by atoms with E-state index in [1.54, 1.807) is 12.1 Å². The highest BCUT2D eigenvalue weighted by Gasteiger charge is 2.28. The van der Waals surface area contributed by atoms with Gasteiger partial charge < -0.3 is 5.11 Å². The zero-order valence-corrected chi connectivity index (χ0v) is 13.5. The van der Waals surface area contributed by atoms with Gasteiger partial charge in [-0.2, -0.15) is 5.26 Å². The monoisotopic (exact) mass is 312 g/mol. The largest absolute Gasteiger partial charge is 0.387 e. The average molecular weight is 312 g/mol. The molecule has 2 unspecified atom stereocenters. The van der Waals surface area contributed by atoms with E-state index in [9.17, 15) is 5.11 Å². The highest BCUT2D eigenvalue weighted by Crippen LogP contribution is 2.36. The summed E-state index contributed by atoms with van der Waals surface area (Å²) in [5.74, 6) is 0. The molecule has 1 aliphatic rings. The van der Waals surface area contributed by atoms with Crippen LogP contribution >= 0.6 is 11.3 Å². The Labute approximate surface area is 135 Å². The molecular formula is C18H20N2OS. The molecule has 0 radical (unpaired) electrons. The third-order valence-corrected chi connectivity index (χ3v) is 5.42. The summed E-state index contributed by atoms with van der Waals surface area (Å²) in [6.45, 7) is 3.84. The first-order chi connectivity index (χ1) is 10.7. The van der Waals surface area contributed by atoms with E-state index in [-0.39, 0.29) is 0 Å². The number of β-amino-alcohol motifs (C(OH)–C–C–N with tert-alkyl or cyclic N) is 1. The summed E-state index contributed by atoms with van der Waals surface area (Å²) in [5, 5.41) is 21.5. The lowest BCUT2D eigenvalue weighted by molar-refractivity contribution is 0.0803. The smallest absolute Gasteiger partial charge is 0.0991 e. The van der Waals surface area contributed by atoms with Gasteiger partial charge in [-0.3, -0.25) is 4.90 Å². The molecular weight excluding hydrogens is 292 g/mol. The van der Waals surface area contributed by atoms with Gasteiger partial charge in [-0.1, -0.05) is 19.1 Å². The van der Waals surface area contributed by atoms with E-state index in [0.717, 1.165) is 24.9 Å². The fourth-order valence-electron chi connectivity index (χ4n) is 3.25. The van der Waals surface area contributed by atoms with Gasteiger partial charge in [-0.15, -0.1) is 11.3 Å². The number of hydrogen-bond donors (Lipinski definition) is 1. The predicted octanol–water partition coefficient (Wildman–Crippen LogP) is 3.66. The van der Waals surface area contributed by atoms with Crippen molar-refractivity contribution in [3.8, 4) is 6.07 Å². The second-order valence-electron chi connectivity index (χ2n) is 5.72. The normalized spacial score (nSPS) is 19.4. The molecule has 1 N–H and O–H groups in total. The van der Waals surface area contributed by atoms with Gasteiger partial charge in [0, 0.05) is 24.0 Å². The minimum Gasteiger partial charge on any atom is -0.387 e. The first kappa shape index (κ1) is 15.2. The van der Waals surface area contributed by atoms with Crippen LogP contribution in [-0.2, 0) is 6.42 Å². The van der Waals surface area contributed by atoms with Crippen molar-refractivity contribution in [1.29, 1.82) is 5.26 Å². The van der Waals surface area contributed by atoms with Crippen LogP contribution in [0.1, 0.15) is 47.1 Å². The fraction of sp³-hybridized carbons (Fsp3) is 0.389. The Morgan fingerprint density at radius 1 is 1.36 bits per heavy atom. The molecule has 2 atom stereocenters. The number of aliphatic hydroxyl groups is 1. The van der Waals surface area contributed by atoms with Crippen molar-refractivity contribution in [3.05, 3.63) is 57.3 Å². The lowest BCUT2D eigenvalue weighted by Gasteiger charge is -2.36. The quantitative estimate of drug-likeness (QED) is 0.937. The Hall–Kier alpha value is -1.67. The number of aliphatic hydroxyl groups excluding tert-OH is 1. The molecule has 2 heterocycles. The van der Waals surface area contributed by atoms with Crippen LogP contribution in [0.2, 0.25) is 0 Å². The summed E-state index contributed by atoms with van der Waals surface area (Å²) in [4.78, 5) is 3.88. The number of fused-ring (bicyclic) bond motifs is 1. The number of hydrogen-bond acceptors (Lipinski definition) is 4. The van der Waals surface area contributed by atoms with Gasteiger partial charge in [-0.25, -0.2) is 0 Å². The summed E-state index contributed by atoms with van der Waals surface area (Å²) >= 11 is 1.85. The Morgan fingerprint density at radius 2 is 2.14 bits per heavy atom. The van der Waals surface area contributed by atoms with E-state index in [4.69, 9.17) is 5.26 Å². The molecule has 3 nitrogen and oxygen atoms in total. The highest BCUT2D eigenvalue weighted by molar-refractivity contribution is 7.10. The molecule has 0 spiro atoms. The Kier molecular flexibility index (Phi) is 4.58. The van der Waals surface area contributed by atoms with E-state index >= 15 is 0 Å². The zero-order valence-electron chi connectivity index (χ0n) is 12.7. The van der Waals surface area contributed by atoms with Crippen LogP contribution < -0.4 is 0 Å². The van der Waals surface area contributed by atoms with E-state index in [2.05, 4.69) is 29.3 Å². The average Bonchev–Trinajstić information content (AvgIpc) is 3.03. The second kappa shape index (κ2) is 6.62. The number of nitriles is 1. The van der Waals surface area contributed by atoms with Crippen molar-refractivity contribution in [1.82, 2.24) is 4.90 Å². The Balaban J connectivity index is 1.73.